The molecule has 65 heavy (non-hydrogen) atoms. The first kappa shape index (κ1) is 36.9. The van der Waals surface area contributed by atoms with Crippen LogP contribution in [0.3, 0.4) is 0 Å². The number of anilines is 3. The number of hydrogen-bond acceptors (Lipinski definition) is 2. The molecule has 13 aromatic rings. The van der Waals surface area contributed by atoms with Gasteiger partial charge in [-0.1, -0.05) is 176 Å². The third kappa shape index (κ3) is 6.20. The van der Waals surface area contributed by atoms with Crippen LogP contribution in [0.2, 0.25) is 0 Å². The second-order valence-corrected chi connectivity index (χ2v) is 16.9. The molecule has 0 saturated carbocycles. The maximum atomic E-state index is 6.77. The van der Waals surface area contributed by atoms with Crippen LogP contribution in [0.25, 0.3) is 104 Å². The molecular weight excluding hydrogens is 789 g/mol. The van der Waals surface area contributed by atoms with Crippen molar-refractivity contribution in [3.63, 3.8) is 0 Å². The molecule has 0 fully saturated rings. The van der Waals surface area contributed by atoms with E-state index in [0.29, 0.717) is 0 Å². The van der Waals surface area contributed by atoms with Gasteiger partial charge < -0.3 is 13.9 Å². The van der Waals surface area contributed by atoms with Crippen molar-refractivity contribution in [3.05, 3.63) is 243 Å². The van der Waals surface area contributed by atoms with Crippen LogP contribution >= 0.6 is 0 Å². The highest BCUT2D eigenvalue weighted by Crippen LogP contribution is 2.46. The third-order valence-electron chi connectivity index (χ3n) is 13.2. The average molecular weight is 829 g/mol. The zero-order chi connectivity index (χ0) is 42.8. The van der Waals surface area contributed by atoms with E-state index in [-0.39, 0.29) is 0 Å². The quantitative estimate of drug-likeness (QED) is 0.160. The second kappa shape index (κ2) is 15.0. The number of hydrogen-bond donors (Lipinski definition) is 0. The SMILES string of the molecule is c1ccc(-n2c3ccccc3c3cc(-c4ccc(-c5ccc(-c6ccc(N(c7ccc8ccccc8c7)c7cc8ccccc8c8c7oc7ccccc78)cc6)cc5)cc4)ccc32)cc1. The Morgan fingerprint density at radius 3 is 1.57 bits per heavy atom. The molecule has 304 valence electrons. The molecule has 0 saturated heterocycles. The van der Waals surface area contributed by atoms with Gasteiger partial charge in [0.25, 0.3) is 0 Å². The molecule has 0 aliphatic rings. The predicted molar refractivity (Wildman–Crippen MR) is 274 cm³/mol. The second-order valence-electron chi connectivity index (χ2n) is 16.9. The molecule has 2 heterocycles. The van der Waals surface area contributed by atoms with Crippen LogP contribution < -0.4 is 4.90 Å². The summed E-state index contributed by atoms with van der Waals surface area (Å²) in [5.41, 5.74) is 15.6. The molecule has 3 heteroatoms. The highest BCUT2D eigenvalue weighted by molar-refractivity contribution is 6.23. The lowest BCUT2D eigenvalue weighted by atomic mass is 9.97. The van der Waals surface area contributed by atoms with E-state index in [0.717, 1.165) is 44.6 Å². The van der Waals surface area contributed by atoms with Gasteiger partial charge in [0, 0.05) is 38.6 Å². The Kier molecular flexibility index (Phi) is 8.53. The van der Waals surface area contributed by atoms with Crippen molar-refractivity contribution < 1.29 is 4.42 Å². The Labute approximate surface area is 376 Å². The lowest BCUT2D eigenvalue weighted by molar-refractivity contribution is 0.669. The van der Waals surface area contributed by atoms with Crippen molar-refractivity contribution in [2.75, 3.05) is 4.90 Å². The molecular formula is C62H40N2O. The summed E-state index contributed by atoms with van der Waals surface area (Å²) in [7, 11) is 0. The molecule has 0 amide bonds. The van der Waals surface area contributed by atoms with Gasteiger partial charge in [-0.15, -0.1) is 0 Å². The topological polar surface area (TPSA) is 21.3 Å². The average Bonchev–Trinajstić information content (AvgIpc) is 3.94. The van der Waals surface area contributed by atoms with E-state index in [9.17, 15) is 0 Å². The van der Waals surface area contributed by atoms with Crippen LogP contribution in [-0.2, 0) is 0 Å². The van der Waals surface area contributed by atoms with Crippen molar-refractivity contribution in [1.82, 2.24) is 4.57 Å². The number of benzene rings is 11. The first-order valence-corrected chi connectivity index (χ1v) is 22.2. The predicted octanol–water partition coefficient (Wildman–Crippen LogP) is 17.5. The normalized spacial score (nSPS) is 11.7. The minimum Gasteiger partial charge on any atom is -0.454 e. The van der Waals surface area contributed by atoms with Gasteiger partial charge in [0.2, 0.25) is 0 Å². The summed E-state index contributed by atoms with van der Waals surface area (Å²) >= 11 is 0. The van der Waals surface area contributed by atoms with Gasteiger partial charge in [-0.3, -0.25) is 0 Å². The number of aromatic nitrogens is 1. The number of fused-ring (bicyclic) bond motifs is 9. The fourth-order valence-electron chi connectivity index (χ4n) is 9.99. The largest absolute Gasteiger partial charge is 0.454 e. The van der Waals surface area contributed by atoms with Crippen LogP contribution in [0.5, 0.6) is 0 Å². The van der Waals surface area contributed by atoms with Crippen LogP contribution in [0, 0.1) is 0 Å². The number of furan rings is 1. The van der Waals surface area contributed by atoms with Gasteiger partial charge in [0.15, 0.2) is 5.58 Å². The summed E-state index contributed by atoms with van der Waals surface area (Å²) in [6, 6.07) is 87.6. The molecule has 0 spiro atoms. The van der Waals surface area contributed by atoms with Crippen molar-refractivity contribution in [2.24, 2.45) is 0 Å². The van der Waals surface area contributed by atoms with Crippen LogP contribution in [-0.4, -0.2) is 4.57 Å². The molecule has 0 atom stereocenters. The zero-order valence-electron chi connectivity index (χ0n) is 35.4. The molecule has 0 aliphatic heterocycles. The maximum absolute atomic E-state index is 6.77. The minimum absolute atomic E-state index is 0.874. The minimum atomic E-state index is 0.874. The lowest BCUT2D eigenvalue weighted by Gasteiger charge is -2.26. The number of nitrogens with zero attached hydrogens (tertiary/aromatic N) is 2. The smallest absolute Gasteiger partial charge is 0.160 e. The summed E-state index contributed by atoms with van der Waals surface area (Å²) < 4.78 is 9.14. The van der Waals surface area contributed by atoms with Gasteiger partial charge in [0.05, 0.1) is 16.7 Å². The molecule has 2 aromatic heterocycles. The van der Waals surface area contributed by atoms with E-state index in [2.05, 4.69) is 246 Å². The standard InChI is InChI=1S/C62H40N2O/c1-2-15-50(16-3-1)64-57-20-10-8-18-54(57)56-39-48(33-37-58(56)64)46-28-26-43(27-29-46)42-22-24-44(25-23-42)45-30-34-51(35-31-45)63(52-36-32-41-12-4-5-13-47(41)38-52)59-40-49-14-6-7-17-53(49)61-55-19-9-11-21-60(55)65-62(59)61/h1-40H. The van der Waals surface area contributed by atoms with Crippen molar-refractivity contribution in [1.29, 1.82) is 0 Å². The maximum Gasteiger partial charge on any atom is 0.160 e. The number of para-hydroxylation sites is 3. The summed E-state index contributed by atoms with van der Waals surface area (Å²) in [5.74, 6) is 0. The fourth-order valence-corrected chi connectivity index (χ4v) is 9.99. The van der Waals surface area contributed by atoms with Gasteiger partial charge in [-0.25, -0.2) is 0 Å². The molecule has 11 aromatic carbocycles. The van der Waals surface area contributed by atoms with E-state index in [1.165, 1.54) is 76.9 Å². The Hall–Kier alpha value is -8.66. The van der Waals surface area contributed by atoms with Gasteiger partial charge in [-0.05, 0) is 122 Å². The van der Waals surface area contributed by atoms with Gasteiger partial charge >= 0.3 is 0 Å². The molecule has 13 rings (SSSR count). The third-order valence-corrected chi connectivity index (χ3v) is 13.2. The van der Waals surface area contributed by atoms with Crippen LogP contribution in [0.1, 0.15) is 0 Å². The van der Waals surface area contributed by atoms with E-state index >= 15 is 0 Å². The summed E-state index contributed by atoms with van der Waals surface area (Å²) in [6.07, 6.45) is 0. The highest BCUT2D eigenvalue weighted by Gasteiger charge is 2.22. The molecule has 0 radical (unpaired) electrons. The summed E-state index contributed by atoms with van der Waals surface area (Å²) in [4.78, 5) is 2.35. The monoisotopic (exact) mass is 828 g/mol. The molecule has 0 N–H and O–H groups in total. The molecule has 0 aliphatic carbocycles. The van der Waals surface area contributed by atoms with E-state index in [4.69, 9.17) is 4.42 Å². The number of rotatable bonds is 7. The van der Waals surface area contributed by atoms with Crippen LogP contribution in [0.15, 0.2) is 247 Å². The van der Waals surface area contributed by atoms with E-state index in [1.54, 1.807) is 0 Å². The van der Waals surface area contributed by atoms with Crippen molar-refractivity contribution >= 4 is 82.4 Å². The first-order valence-electron chi connectivity index (χ1n) is 22.2. The molecule has 0 bridgehead atoms. The lowest BCUT2D eigenvalue weighted by Crippen LogP contribution is -2.10. The molecule has 3 nitrogen and oxygen atoms in total. The summed E-state index contributed by atoms with van der Waals surface area (Å²) in [6.45, 7) is 0. The van der Waals surface area contributed by atoms with Gasteiger partial charge in [-0.2, -0.15) is 0 Å². The Morgan fingerprint density at radius 1 is 0.323 bits per heavy atom. The van der Waals surface area contributed by atoms with Crippen LogP contribution in [0.4, 0.5) is 17.1 Å². The first-order chi connectivity index (χ1) is 32.2. The summed E-state index contributed by atoms with van der Waals surface area (Å²) in [5, 5.41) is 9.53. The highest BCUT2D eigenvalue weighted by atomic mass is 16.3. The Balaban J connectivity index is 0.828. The molecule has 0 unspecified atom stereocenters. The van der Waals surface area contributed by atoms with E-state index in [1.807, 2.05) is 6.07 Å². The fraction of sp³-hybridized carbons (Fsp3) is 0. The Bertz CT molecular complexity index is 3920. The zero-order valence-corrected chi connectivity index (χ0v) is 35.4. The Morgan fingerprint density at radius 2 is 0.846 bits per heavy atom. The van der Waals surface area contributed by atoms with Gasteiger partial charge in [0.1, 0.15) is 5.58 Å². The van der Waals surface area contributed by atoms with Crippen molar-refractivity contribution in [3.8, 4) is 39.1 Å². The van der Waals surface area contributed by atoms with Crippen molar-refractivity contribution in [2.45, 2.75) is 0 Å². The van der Waals surface area contributed by atoms with E-state index < -0.39 is 0 Å².